The minimum atomic E-state index is -0.721. The minimum absolute atomic E-state index is 0.0104. The average molecular weight is 180 g/mol. The first-order valence-corrected chi connectivity index (χ1v) is 4.76. The molecular weight excluding hydrogens is 164 g/mol. The number of carbonyl (C=O) groups is 1. The van der Waals surface area contributed by atoms with E-state index in [9.17, 15) is 4.79 Å². The molecule has 0 aromatic rings. The molecule has 0 spiro atoms. The molecule has 0 aromatic carbocycles. The van der Waals surface area contributed by atoms with Gasteiger partial charge >= 0.3 is 0 Å². The van der Waals surface area contributed by atoms with Gasteiger partial charge < -0.3 is 5.32 Å². The van der Waals surface area contributed by atoms with Crippen LogP contribution in [-0.2, 0) is 4.79 Å². The molecule has 1 amide bonds. The van der Waals surface area contributed by atoms with Crippen molar-refractivity contribution in [2.45, 2.75) is 45.1 Å². The largest absolute Gasteiger partial charge is 0.338 e. The summed E-state index contributed by atoms with van der Waals surface area (Å²) in [4.78, 5) is 11.4. The third kappa shape index (κ3) is 3.06. The maximum Gasteiger partial charge on any atom is 0.221 e. The second-order valence-electron chi connectivity index (χ2n) is 4.29. The van der Waals surface area contributed by atoms with Gasteiger partial charge in [-0.2, -0.15) is 5.26 Å². The van der Waals surface area contributed by atoms with E-state index in [1.165, 1.54) is 19.3 Å². The van der Waals surface area contributed by atoms with E-state index in [-0.39, 0.29) is 5.91 Å². The highest BCUT2D eigenvalue weighted by Crippen LogP contribution is 2.29. The number of rotatable bonds is 3. The zero-order chi connectivity index (χ0) is 9.90. The summed E-state index contributed by atoms with van der Waals surface area (Å²) in [5.41, 5.74) is -0.721. The number of hydrogen-bond donors (Lipinski definition) is 1. The number of nitrogens with one attached hydrogen (secondary N) is 1. The third-order valence-corrected chi connectivity index (χ3v) is 2.43. The van der Waals surface area contributed by atoms with Crippen molar-refractivity contribution in [1.82, 2.24) is 5.32 Å². The molecule has 1 aliphatic carbocycles. The van der Waals surface area contributed by atoms with E-state index in [0.717, 1.165) is 0 Å². The summed E-state index contributed by atoms with van der Waals surface area (Å²) in [7, 11) is 0. The van der Waals surface area contributed by atoms with Crippen molar-refractivity contribution in [3.8, 4) is 6.07 Å². The molecule has 3 heteroatoms. The summed E-state index contributed by atoms with van der Waals surface area (Å²) in [5.74, 6) is 0.575. The lowest BCUT2D eigenvalue weighted by Crippen LogP contribution is -2.43. The van der Waals surface area contributed by atoms with Crippen LogP contribution in [-0.4, -0.2) is 11.4 Å². The van der Waals surface area contributed by atoms with Gasteiger partial charge in [-0.15, -0.1) is 0 Å². The topological polar surface area (TPSA) is 52.9 Å². The van der Waals surface area contributed by atoms with Crippen LogP contribution in [0.15, 0.2) is 0 Å². The molecule has 0 unspecified atom stereocenters. The molecule has 0 aliphatic heterocycles. The van der Waals surface area contributed by atoms with Crippen LogP contribution in [0, 0.1) is 17.2 Å². The van der Waals surface area contributed by atoms with Crippen molar-refractivity contribution in [1.29, 1.82) is 5.26 Å². The maximum atomic E-state index is 11.4. The molecule has 1 aliphatic rings. The predicted octanol–water partition coefficient (Wildman–Crippen LogP) is 1.59. The van der Waals surface area contributed by atoms with Crippen LogP contribution < -0.4 is 5.32 Å². The van der Waals surface area contributed by atoms with Crippen molar-refractivity contribution in [3.05, 3.63) is 0 Å². The van der Waals surface area contributed by atoms with Gasteiger partial charge in [0.1, 0.15) is 5.54 Å². The van der Waals surface area contributed by atoms with Crippen LogP contribution in [0.25, 0.3) is 0 Å². The van der Waals surface area contributed by atoms with E-state index in [1.54, 1.807) is 13.8 Å². The van der Waals surface area contributed by atoms with Gasteiger partial charge in [0.05, 0.1) is 6.07 Å². The quantitative estimate of drug-likeness (QED) is 0.717. The Balaban J connectivity index is 2.28. The van der Waals surface area contributed by atoms with Crippen LogP contribution in [0.5, 0.6) is 0 Å². The first-order chi connectivity index (χ1) is 6.03. The second kappa shape index (κ2) is 3.78. The van der Waals surface area contributed by atoms with E-state index in [1.807, 2.05) is 6.07 Å². The normalized spacial score (nSPS) is 17.3. The minimum Gasteiger partial charge on any atom is -0.338 e. The van der Waals surface area contributed by atoms with Crippen molar-refractivity contribution in [3.63, 3.8) is 0 Å². The smallest absolute Gasteiger partial charge is 0.221 e. The highest BCUT2D eigenvalue weighted by molar-refractivity contribution is 5.77. The van der Waals surface area contributed by atoms with E-state index >= 15 is 0 Å². The van der Waals surface area contributed by atoms with Gasteiger partial charge in [0.15, 0.2) is 0 Å². The van der Waals surface area contributed by atoms with Crippen molar-refractivity contribution >= 4 is 5.91 Å². The Morgan fingerprint density at radius 1 is 1.62 bits per heavy atom. The van der Waals surface area contributed by atoms with Gasteiger partial charge in [-0.25, -0.2) is 0 Å². The molecule has 1 rings (SSSR count). The molecule has 0 radical (unpaired) electrons. The van der Waals surface area contributed by atoms with Gasteiger partial charge in [-0.1, -0.05) is 6.42 Å². The molecule has 72 valence electrons. The van der Waals surface area contributed by atoms with Gasteiger partial charge in [-0.05, 0) is 32.6 Å². The standard InChI is InChI=1S/C10H16N2O/c1-10(2,7-11)12-9(13)6-8-4-3-5-8/h8H,3-6H2,1-2H3,(H,12,13). The van der Waals surface area contributed by atoms with Crippen LogP contribution in [0.2, 0.25) is 0 Å². The first kappa shape index (κ1) is 10.0. The highest BCUT2D eigenvalue weighted by Gasteiger charge is 2.24. The van der Waals surface area contributed by atoms with Crippen LogP contribution >= 0.6 is 0 Å². The molecule has 1 fully saturated rings. The molecule has 1 N–H and O–H groups in total. The Bertz CT molecular complexity index is 236. The van der Waals surface area contributed by atoms with Gasteiger partial charge in [0, 0.05) is 6.42 Å². The number of nitrogens with zero attached hydrogens (tertiary/aromatic N) is 1. The fraction of sp³-hybridized carbons (Fsp3) is 0.800. The Kier molecular flexibility index (Phi) is 2.92. The van der Waals surface area contributed by atoms with Gasteiger partial charge in [-0.3, -0.25) is 4.79 Å². The maximum absolute atomic E-state index is 11.4. The summed E-state index contributed by atoms with van der Waals surface area (Å²) in [6.45, 7) is 3.43. The molecule has 0 heterocycles. The Hall–Kier alpha value is -1.04. The summed E-state index contributed by atoms with van der Waals surface area (Å²) in [6.07, 6.45) is 4.17. The van der Waals surface area contributed by atoms with E-state index < -0.39 is 5.54 Å². The van der Waals surface area contributed by atoms with Crippen LogP contribution in [0.4, 0.5) is 0 Å². The summed E-state index contributed by atoms with van der Waals surface area (Å²) >= 11 is 0. The van der Waals surface area contributed by atoms with Crippen molar-refractivity contribution < 1.29 is 4.79 Å². The summed E-state index contributed by atoms with van der Waals surface area (Å²) in [6, 6.07) is 2.05. The lowest BCUT2D eigenvalue weighted by atomic mass is 9.82. The monoisotopic (exact) mass is 180 g/mol. The Labute approximate surface area is 79.1 Å². The first-order valence-electron chi connectivity index (χ1n) is 4.76. The van der Waals surface area contributed by atoms with E-state index in [2.05, 4.69) is 5.32 Å². The Morgan fingerprint density at radius 3 is 2.62 bits per heavy atom. The fourth-order valence-electron chi connectivity index (χ4n) is 1.39. The lowest BCUT2D eigenvalue weighted by Gasteiger charge is -2.26. The van der Waals surface area contributed by atoms with Gasteiger partial charge in [0.2, 0.25) is 5.91 Å². The van der Waals surface area contributed by atoms with Crippen molar-refractivity contribution in [2.24, 2.45) is 5.92 Å². The second-order valence-corrected chi connectivity index (χ2v) is 4.29. The molecular formula is C10H16N2O. The molecule has 3 nitrogen and oxygen atoms in total. The highest BCUT2D eigenvalue weighted by atomic mass is 16.1. The van der Waals surface area contributed by atoms with Crippen LogP contribution in [0.3, 0.4) is 0 Å². The van der Waals surface area contributed by atoms with Crippen molar-refractivity contribution in [2.75, 3.05) is 0 Å². The molecule has 0 atom stereocenters. The average Bonchev–Trinajstić information content (AvgIpc) is 1.96. The third-order valence-electron chi connectivity index (χ3n) is 2.43. The lowest BCUT2D eigenvalue weighted by molar-refractivity contribution is -0.123. The van der Waals surface area contributed by atoms with Crippen LogP contribution in [0.1, 0.15) is 39.5 Å². The number of amides is 1. The van der Waals surface area contributed by atoms with Gasteiger partial charge in [0.25, 0.3) is 0 Å². The zero-order valence-corrected chi connectivity index (χ0v) is 8.26. The molecule has 0 saturated heterocycles. The molecule has 13 heavy (non-hydrogen) atoms. The number of nitriles is 1. The number of hydrogen-bond acceptors (Lipinski definition) is 2. The molecule has 0 bridgehead atoms. The predicted molar refractivity (Wildman–Crippen MR) is 49.8 cm³/mol. The molecule has 1 saturated carbocycles. The zero-order valence-electron chi connectivity index (χ0n) is 8.26. The Morgan fingerprint density at radius 2 is 2.23 bits per heavy atom. The summed E-state index contributed by atoms with van der Waals surface area (Å²) in [5, 5.41) is 11.4. The molecule has 0 aromatic heterocycles. The number of carbonyl (C=O) groups excluding carboxylic acids is 1. The van der Waals surface area contributed by atoms with E-state index in [4.69, 9.17) is 5.26 Å². The van der Waals surface area contributed by atoms with E-state index in [0.29, 0.717) is 12.3 Å². The fourth-order valence-corrected chi connectivity index (χ4v) is 1.39. The SMILES string of the molecule is CC(C)(C#N)NC(=O)CC1CCC1. The summed E-state index contributed by atoms with van der Waals surface area (Å²) < 4.78 is 0.